The lowest BCUT2D eigenvalue weighted by Crippen LogP contribution is -2.60. The number of carbonyl (C=O) groups is 1. The molecule has 158 valence electrons. The van der Waals surface area contributed by atoms with Gasteiger partial charge in [-0.25, -0.2) is 14.8 Å². The minimum absolute atomic E-state index is 0.0716. The van der Waals surface area contributed by atoms with Gasteiger partial charge in [0.15, 0.2) is 0 Å². The molecule has 0 N–H and O–H groups in total. The number of aliphatic imine (C=N–C) groups is 1. The first-order chi connectivity index (χ1) is 14.5. The summed E-state index contributed by atoms with van der Waals surface area (Å²) < 4.78 is 10.1. The SMILES string of the molecule is CCOC(=O)c1cc(C)nc(SC/C([O-])=N/c2c[n+](N3CCCCC3)no2)c1C#N. The van der Waals surface area contributed by atoms with Gasteiger partial charge in [0.1, 0.15) is 11.1 Å². The molecule has 2 aromatic rings. The number of rotatable bonds is 7. The summed E-state index contributed by atoms with van der Waals surface area (Å²) >= 11 is 1.03. The molecule has 0 atom stereocenters. The van der Waals surface area contributed by atoms with Gasteiger partial charge in [-0.15, -0.1) is 0 Å². The van der Waals surface area contributed by atoms with Gasteiger partial charge in [-0.1, -0.05) is 11.8 Å². The Morgan fingerprint density at radius 3 is 2.93 bits per heavy atom. The minimum Gasteiger partial charge on any atom is -0.861 e. The van der Waals surface area contributed by atoms with Crippen molar-refractivity contribution in [3.8, 4) is 6.07 Å². The molecule has 1 fully saturated rings. The van der Waals surface area contributed by atoms with Crippen LogP contribution in [0.2, 0.25) is 0 Å². The van der Waals surface area contributed by atoms with E-state index in [-0.39, 0.29) is 34.4 Å². The molecule has 0 spiro atoms. The van der Waals surface area contributed by atoms with Crippen molar-refractivity contribution >= 4 is 29.5 Å². The number of hydrogen-bond acceptors (Lipinski definition) is 10. The fourth-order valence-corrected chi connectivity index (χ4v) is 3.84. The zero-order valence-corrected chi connectivity index (χ0v) is 17.6. The zero-order chi connectivity index (χ0) is 21.5. The number of pyridine rings is 1. The van der Waals surface area contributed by atoms with E-state index < -0.39 is 11.9 Å². The van der Waals surface area contributed by atoms with Gasteiger partial charge < -0.3 is 9.84 Å². The Balaban J connectivity index is 1.71. The highest BCUT2D eigenvalue weighted by Gasteiger charge is 2.22. The van der Waals surface area contributed by atoms with E-state index in [1.807, 2.05) is 11.1 Å². The van der Waals surface area contributed by atoms with Gasteiger partial charge in [0.2, 0.25) is 5.27 Å². The molecule has 1 saturated heterocycles. The van der Waals surface area contributed by atoms with Crippen molar-refractivity contribution in [1.29, 1.82) is 5.26 Å². The third kappa shape index (κ3) is 5.27. The Bertz CT molecular complexity index is 978. The van der Waals surface area contributed by atoms with E-state index in [2.05, 4.69) is 15.2 Å². The van der Waals surface area contributed by atoms with Crippen molar-refractivity contribution in [2.45, 2.75) is 38.1 Å². The molecule has 0 bridgehead atoms. The third-order valence-electron chi connectivity index (χ3n) is 4.35. The number of ether oxygens (including phenoxy) is 1. The summed E-state index contributed by atoms with van der Waals surface area (Å²) in [5.74, 6) is -1.03. The third-order valence-corrected chi connectivity index (χ3v) is 5.32. The number of piperidine rings is 1. The Morgan fingerprint density at radius 2 is 2.23 bits per heavy atom. The number of aryl methyl sites for hydroxylation is 1. The lowest BCUT2D eigenvalue weighted by atomic mass is 10.1. The van der Waals surface area contributed by atoms with Crippen molar-refractivity contribution < 1.29 is 24.0 Å². The van der Waals surface area contributed by atoms with E-state index >= 15 is 0 Å². The summed E-state index contributed by atoms with van der Waals surface area (Å²) in [5, 5.41) is 28.0. The molecule has 30 heavy (non-hydrogen) atoms. The molecule has 10 nitrogen and oxygen atoms in total. The molecule has 1 aliphatic heterocycles. The van der Waals surface area contributed by atoms with E-state index in [1.54, 1.807) is 24.8 Å². The highest BCUT2D eigenvalue weighted by Crippen LogP contribution is 2.25. The number of carbonyl (C=O) groups excluding carboxylic acids is 1. The summed E-state index contributed by atoms with van der Waals surface area (Å²) in [6.07, 6.45) is 4.93. The van der Waals surface area contributed by atoms with E-state index in [1.165, 1.54) is 12.5 Å². The van der Waals surface area contributed by atoms with Crippen molar-refractivity contribution in [3.63, 3.8) is 0 Å². The smallest absolute Gasteiger partial charge is 0.339 e. The molecule has 0 aliphatic carbocycles. The van der Waals surface area contributed by atoms with Gasteiger partial charge >= 0.3 is 11.9 Å². The Morgan fingerprint density at radius 1 is 1.47 bits per heavy atom. The second-order valence-electron chi connectivity index (χ2n) is 6.59. The molecule has 0 amide bonds. The number of thioether (sulfide) groups is 1. The second-order valence-corrected chi connectivity index (χ2v) is 7.56. The van der Waals surface area contributed by atoms with Crippen LogP contribution in [-0.2, 0) is 4.74 Å². The monoisotopic (exact) mass is 430 g/mol. The van der Waals surface area contributed by atoms with Gasteiger partial charge in [-0.3, -0.25) is 4.52 Å². The maximum Gasteiger partial charge on any atom is 0.339 e. The molecule has 2 aromatic heterocycles. The summed E-state index contributed by atoms with van der Waals surface area (Å²) in [4.78, 5) is 21.9. The topological polar surface area (TPSA) is 132 Å². The first kappa shape index (κ1) is 21.6. The van der Waals surface area contributed by atoms with Crippen LogP contribution >= 0.6 is 11.8 Å². The Kier molecular flexibility index (Phi) is 7.24. The van der Waals surface area contributed by atoms with Crippen LogP contribution in [0.3, 0.4) is 0 Å². The predicted octanol–water partition coefficient (Wildman–Crippen LogP) is 1.02. The molecular weight excluding hydrogens is 408 g/mol. The van der Waals surface area contributed by atoms with Gasteiger partial charge in [-0.05, 0) is 45.1 Å². The van der Waals surface area contributed by atoms with Gasteiger partial charge in [0, 0.05) is 11.4 Å². The summed E-state index contributed by atoms with van der Waals surface area (Å²) in [5.41, 5.74) is 0.762. The number of nitriles is 1. The van der Waals surface area contributed by atoms with Crippen molar-refractivity contribution in [2.75, 3.05) is 30.5 Å². The van der Waals surface area contributed by atoms with Gasteiger partial charge in [-0.2, -0.15) is 10.3 Å². The Hall–Kier alpha value is -3.13. The number of hydrogen-bond donors (Lipinski definition) is 0. The molecule has 11 heteroatoms. The summed E-state index contributed by atoms with van der Waals surface area (Å²) in [6, 6.07) is 3.48. The van der Waals surface area contributed by atoms with Crippen LogP contribution in [0.5, 0.6) is 0 Å². The van der Waals surface area contributed by atoms with E-state index in [9.17, 15) is 15.2 Å². The van der Waals surface area contributed by atoms with Crippen LogP contribution in [0.4, 0.5) is 5.88 Å². The molecule has 0 unspecified atom stereocenters. The quantitative estimate of drug-likeness (QED) is 0.208. The van der Waals surface area contributed by atoms with Crippen molar-refractivity contribution in [2.24, 2.45) is 4.99 Å². The lowest BCUT2D eigenvalue weighted by Gasteiger charge is -2.17. The first-order valence-electron chi connectivity index (χ1n) is 9.62. The normalized spacial score (nSPS) is 14.4. The van der Waals surface area contributed by atoms with Crippen LogP contribution in [0, 0.1) is 18.3 Å². The summed E-state index contributed by atoms with van der Waals surface area (Å²) in [6.45, 7) is 5.33. The molecule has 0 radical (unpaired) electrons. The standard InChI is InChI=1S/C19H22N6O4S/c1-3-28-19(27)14-9-13(2)21-18(15(14)10-20)30-12-16(26)22-17-11-25(23-29-17)24-7-5-4-6-8-24/h9,11H,3-8,12H2,1-2H3. The summed E-state index contributed by atoms with van der Waals surface area (Å²) in [7, 11) is 0. The zero-order valence-electron chi connectivity index (χ0n) is 16.8. The lowest BCUT2D eigenvalue weighted by molar-refractivity contribution is -0.759. The average molecular weight is 430 g/mol. The molecule has 1 aliphatic rings. The van der Waals surface area contributed by atoms with Crippen LogP contribution in [0.1, 0.15) is 47.8 Å². The van der Waals surface area contributed by atoms with Gasteiger partial charge in [0.25, 0.3) is 6.20 Å². The number of nitrogens with zero attached hydrogens (tertiary/aromatic N) is 6. The van der Waals surface area contributed by atoms with Crippen LogP contribution in [0.25, 0.3) is 0 Å². The molecule has 3 heterocycles. The first-order valence-corrected chi connectivity index (χ1v) is 10.6. The van der Waals surface area contributed by atoms with E-state index in [0.717, 1.165) is 37.7 Å². The van der Waals surface area contributed by atoms with E-state index in [0.29, 0.717) is 5.69 Å². The highest BCUT2D eigenvalue weighted by molar-refractivity contribution is 7.99. The largest absolute Gasteiger partial charge is 0.861 e. The molecule has 0 saturated carbocycles. The van der Waals surface area contributed by atoms with Crippen LogP contribution < -0.4 is 14.9 Å². The van der Waals surface area contributed by atoms with Crippen molar-refractivity contribution in [1.82, 2.24) is 10.3 Å². The van der Waals surface area contributed by atoms with Crippen LogP contribution in [-0.4, -0.2) is 47.6 Å². The van der Waals surface area contributed by atoms with Gasteiger partial charge in [0.05, 0.1) is 35.6 Å². The minimum atomic E-state index is -0.596. The van der Waals surface area contributed by atoms with Crippen molar-refractivity contribution in [3.05, 3.63) is 29.1 Å². The predicted molar refractivity (Wildman–Crippen MR) is 106 cm³/mol. The van der Waals surface area contributed by atoms with E-state index in [4.69, 9.17) is 9.26 Å². The fraction of sp³-hybridized carbons (Fsp3) is 0.474. The number of aromatic nitrogens is 3. The molecule has 3 rings (SSSR count). The maximum absolute atomic E-state index is 12.3. The Labute approximate surface area is 178 Å². The number of esters is 1. The maximum atomic E-state index is 12.3. The van der Waals surface area contributed by atoms with Crippen LogP contribution in [0.15, 0.2) is 26.8 Å². The second kappa shape index (κ2) is 10.1. The average Bonchev–Trinajstić information content (AvgIpc) is 3.21. The fourth-order valence-electron chi connectivity index (χ4n) is 3.01. The molecule has 0 aromatic carbocycles. The highest BCUT2D eigenvalue weighted by atomic mass is 32.2. The molecular formula is C19H22N6O4S.